The summed E-state index contributed by atoms with van der Waals surface area (Å²) in [6.07, 6.45) is 0. The summed E-state index contributed by atoms with van der Waals surface area (Å²) >= 11 is 0. The van der Waals surface area contributed by atoms with Gasteiger partial charge in [-0.05, 0) is 17.7 Å². The Bertz CT molecular complexity index is 432. The van der Waals surface area contributed by atoms with E-state index in [0.29, 0.717) is 0 Å². The van der Waals surface area contributed by atoms with Crippen molar-refractivity contribution >= 4 is 12.4 Å². The average molecular weight is 179 g/mol. The van der Waals surface area contributed by atoms with Gasteiger partial charge in [0, 0.05) is 12.3 Å². The third kappa shape index (κ3) is 1.57. The quantitative estimate of drug-likeness (QED) is 0.627. The zero-order valence-electron chi connectivity index (χ0n) is 7.64. The van der Waals surface area contributed by atoms with Crippen molar-refractivity contribution in [3.63, 3.8) is 0 Å². The Labute approximate surface area is 83.7 Å². The van der Waals surface area contributed by atoms with Crippen molar-refractivity contribution in [1.29, 1.82) is 0 Å². The molecule has 14 heavy (non-hydrogen) atoms. The van der Waals surface area contributed by atoms with Crippen LogP contribution in [0.1, 0.15) is 0 Å². The van der Waals surface area contributed by atoms with Gasteiger partial charge in [0.15, 0.2) is 0 Å². The normalized spacial score (nSPS) is 9.71. The Morgan fingerprint density at radius 1 is 1.00 bits per heavy atom. The van der Waals surface area contributed by atoms with Crippen LogP contribution in [0.25, 0.3) is 11.1 Å². The first-order chi connectivity index (χ1) is 6.92. The van der Waals surface area contributed by atoms with E-state index in [-0.39, 0.29) is 0 Å². The van der Waals surface area contributed by atoms with Crippen molar-refractivity contribution in [3.8, 4) is 11.1 Å². The van der Waals surface area contributed by atoms with E-state index >= 15 is 0 Å². The van der Waals surface area contributed by atoms with E-state index in [0.717, 1.165) is 16.8 Å². The van der Waals surface area contributed by atoms with Crippen LogP contribution in [0.5, 0.6) is 0 Å². The first-order valence-electron chi connectivity index (χ1n) is 4.39. The predicted molar refractivity (Wildman–Crippen MR) is 58.9 cm³/mol. The number of benzene rings is 2. The van der Waals surface area contributed by atoms with Crippen LogP contribution in [-0.2, 0) is 0 Å². The molecule has 0 spiro atoms. The molecule has 0 saturated carbocycles. The van der Waals surface area contributed by atoms with Gasteiger partial charge in [0.2, 0.25) is 0 Å². The molecule has 2 radical (unpaired) electrons. The molecule has 66 valence electrons. The third-order valence-electron chi connectivity index (χ3n) is 2.04. The minimum absolute atomic E-state index is 0.787. The molecular formula is C13H9N. The Kier molecular flexibility index (Phi) is 2.41. The SMILES string of the molecule is [CH]=Nc1ccccc1-c1[c]cccc1. The summed E-state index contributed by atoms with van der Waals surface area (Å²) < 4.78 is 0. The van der Waals surface area contributed by atoms with Crippen LogP contribution in [-0.4, -0.2) is 6.72 Å². The third-order valence-corrected chi connectivity index (χ3v) is 2.04. The lowest BCUT2D eigenvalue weighted by atomic mass is 10.0. The first-order valence-corrected chi connectivity index (χ1v) is 4.39. The molecule has 0 aliphatic rings. The Morgan fingerprint density at radius 3 is 2.50 bits per heavy atom. The maximum Gasteiger partial charge on any atom is 0.0708 e. The van der Waals surface area contributed by atoms with Gasteiger partial charge in [-0.15, -0.1) is 0 Å². The van der Waals surface area contributed by atoms with E-state index in [4.69, 9.17) is 6.72 Å². The Hall–Kier alpha value is -1.89. The summed E-state index contributed by atoms with van der Waals surface area (Å²) in [5, 5.41) is 0. The van der Waals surface area contributed by atoms with E-state index in [1.54, 1.807) is 0 Å². The second-order valence-electron chi connectivity index (χ2n) is 2.92. The number of rotatable bonds is 2. The van der Waals surface area contributed by atoms with Crippen molar-refractivity contribution in [1.82, 2.24) is 0 Å². The highest BCUT2D eigenvalue weighted by molar-refractivity contribution is 5.76. The molecule has 0 saturated heterocycles. The molecule has 0 atom stereocenters. The fraction of sp³-hybridized carbons (Fsp3) is 0. The Balaban J connectivity index is 2.57. The summed E-state index contributed by atoms with van der Waals surface area (Å²) in [7, 11) is 0. The number of aliphatic imine (C=N–C) groups is 1. The van der Waals surface area contributed by atoms with E-state index in [2.05, 4.69) is 11.1 Å². The molecule has 0 unspecified atom stereocenters. The van der Waals surface area contributed by atoms with Gasteiger partial charge in [-0.25, -0.2) is 0 Å². The van der Waals surface area contributed by atoms with Crippen molar-refractivity contribution in [3.05, 3.63) is 54.6 Å². The van der Waals surface area contributed by atoms with Crippen molar-refractivity contribution < 1.29 is 0 Å². The molecule has 2 rings (SSSR count). The molecule has 0 aliphatic carbocycles. The smallest absolute Gasteiger partial charge is 0.0708 e. The molecule has 0 heterocycles. The van der Waals surface area contributed by atoms with Crippen LogP contribution >= 0.6 is 0 Å². The molecule has 2 aromatic rings. The summed E-state index contributed by atoms with van der Waals surface area (Å²) in [4.78, 5) is 3.73. The van der Waals surface area contributed by atoms with Gasteiger partial charge in [-0.1, -0.05) is 42.5 Å². The molecule has 0 fully saturated rings. The summed E-state index contributed by atoms with van der Waals surface area (Å²) in [5.74, 6) is 0. The fourth-order valence-corrected chi connectivity index (χ4v) is 1.37. The van der Waals surface area contributed by atoms with Crippen molar-refractivity contribution in [2.45, 2.75) is 0 Å². The topological polar surface area (TPSA) is 12.4 Å². The lowest BCUT2D eigenvalue weighted by Gasteiger charge is -2.03. The van der Waals surface area contributed by atoms with Crippen LogP contribution < -0.4 is 0 Å². The standard InChI is InChI=1S/C13H9N/c1-14-13-10-6-5-9-12(13)11-7-3-2-4-8-11/h1-7,9-10H. The highest BCUT2D eigenvalue weighted by Gasteiger charge is 2.01. The highest BCUT2D eigenvalue weighted by atomic mass is 14.7. The Morgan fingerprint density at radius 2 is 1.79 bits per heavy atom. The molecule has 0 aromatic heterocycles. The van der Waals surface area contributed by atoms with Gasteiger partial charge >= 0.3 is 0 Å². The van der Waals surface area contributed by atoms with Gasteiger partial charge in [0.25, 0.3) is 0 Å². The lowest BCUT2D eigenvalue weighted by molar-refractivity contribution is 1.52. The van der Waals surface area contributed by atoms with Gasteiger partial charge in [-0.3, -0.25) is 4.99 Å². The predicted octanol–water partition coefficient (Wildman–Crippen LogP) is 3.36. The summed E-state index contributed by atoms with van der Waals surface area (Å²) in [6, 6.07) is 18.7. The highest BCUT2D eigenvalue weighted by Crippen LogP contribution is 2.28. The zero-order valence-corrected chi connectivity index (χ0v) is 7.64. The van der Waals surface area contributed by atoms with Crippen LogP contribution in [0.2, 0.25) is 0 Å². The van der Waals surface area contributed by atoms with Crippen molar-refractivity contribution in [2.24, 2.45) is 4.99 Å². The molecule has 2 aromatic carbocycles. The average Bonchev–Trinajstić information content (AvgIpc) is 2.30. The maximum atomic E-state index is 5.30. The number of para-hydroxylation sites is 1. The molecule has 0 aliphatic heterocycles. The summed E-state index contributed by atoms with van der Waals surface area (Å²) in [6.45, 7) is 5.30. The van der Waals surface area contributed by atoms with Crippen LogP contribution in [0.4, 0.5) is 5.69 Å². The fourth-order valence-electron chi connectivity index (χ4n) is 1.37. The minimum Gasteiger partial charge on any atom is -0.255 e. The molecule has 1 nitrogen and oxygen atoms in total. The number of hydrogen-bond acceptors (Lipinski definition) is 1. The van der Waals surface area contributed by atoms with E-state index in [1.807, 2.05) is 48.5 Å². The second-order valence-corrected chi connectivity index (χ2v) is 2.92. The van der Waals surface area contributed by atoms with Gasteiger partial charge < -0.3 is 0 Å². The van der Waals surface area contributed by atoms with E-state index in [1.165, 1.54) is 0 Å². The number of nitrogens with zero attached hydrogens (tertiary/aromatic N) is 1. The van der Waals surface area contributed by atoms with Crippen LogP contribution in [0.15, 0.2) is 53.5 Å². The zero-order chi connectivity index (χ0) is 9.80. The largest absolute Gasteiger partial charge is 0.255 e. The minimum atomic E-state index is 0.787. The lowest BCUT2D eigenvalue weighted by Crippen LogP contribution is -1.77. The first kappa shape index (κ1) is 8.70. The molecule has 0 bridgehead atoms. The molecule has 0 amide bonds. The van der Waals surface area contributed by atoms with Gasteiger partial charge in [0.1, 0.15) is 0 Å². The van der Waals surface area contributed by atoms with Crippen molar-refractivity contribution in [2.75, 3.05) is 0 Å². The molecular weight excluding hydrogens is 170 g/mol. The van der Waals surface area contributed by atoms with Gasteiger partial charge in [0.05, 0.1) is 5.69 Å². The van der Waals surface area contributed by atoms with E-state index in [9.17, 15) is 0 Å². The summed E-state index contributed by atoms with van der Waals surface area (Å²) in [5.41, 5.74) is 2.81. The monoisotopic (exact) mass is 179 g/mol. The van der Waals surface area contributed by atoms with Crippen LogP contribution in [0, 0.1) is 6.07 Å². The second kappa shape index (κ2) is 3.88. The van der Waals surface area contributed by atoms with Gasteiger partial charge in [-0.2, -0.15) is 0 Å². The molecule has 0 N–H and O–H groups in total. The number of hydrogen-bond donors (Lipinski definition) is 0. The van der Waals surface area contributed by atoms with E-state index < -0.39 is 0 Å². The molecule has 1 heteroatoms. The maximum absolute atomic E-state index is 5.30. The van der Waals surface area contributed by atoms with Crippen LogP contribution in [0.3, 0.4) is 0 Å².